The van der Waals surface area contributed by atoms with Gasteiger partial charge in [-0.15, -0.1) is 11.8 Å². The predicted octanol–water partition coefficient (Wildman–Crippen LogP) is 1.19. The highest BCUT2D eigenvalue weighted by atomic mass is 32.2. The number of anilines is 1. The SMILES string of the molecule is CCOC(=O)[C@@H]1CS[C@@H](CC(=O)Nc2cccc(OC)c2)C(=O)N1. The summed E-state index contributed by atoms with van der Waals surface area (Å²) in [6.07, 6.45) is 0.0310. The molecule has 0 radical (unpaired) electrons. The van der Waals surface area contributed by atoms with Crippen LogP contribution in [-0.2, 0) is 19.1 Å². The number of methoxy groups -OCH3 is 1. The second-order valence-electron chi connectivity index (χ2n) is 5.12. The number of amides is 2. The van der Waals surface area contributed by atoms with E-state index in [9.17, 15) is 14.4 Å². The van der Waals surface area contributed by atoms with E-state index in [1.165, 1.54) is 11.8 Å². The van der Waals surface area contributed by atoms with Crippen LogP contribution in [0.2, 0.25) is 0 Å². The maximum atomic E-state index is 12.1. The molecule has 1 aliphatic rings. The molecule has 2 atom stereocenters. The average Bonchev–Trinajstić information content (AvgIpc) is 2.57. The second-order valence-corrected chi connectivity index (χ2v) is 6.36. The Hall–Kier alpha value is -2.22. The van der Waals surface area contributed by atoms with Crippen molar-refractivity contribution in [2.75, 3.05) is 24.8 Å². The van der Waals surface area contributed by atoms with Crippen molar-refractivity contribution < 1.29 is 23.9 Å². The first-order valence-corrected chi connectivity index (χ1v) is 8.61. The van der Waals surface area contributed by atoms with Gasteiger partial charge in [0.05, 0.1) is 19.0 Å². The number of hydrogen-bond donors (Lipinski definition) is 2. The van der Waals surface area contributed by atoms with Crippen LogP contribution >= 0.6 is 11.8 Å². The number of hydrogen-bond acceptors (Lipinski definition) is 6. The van der Waals surface area contributed by atoms with Crippen molar-refractivity contribution in [3.8, 4) is 5.75 Å². The van der Waals surface area contributed by atoms with Gasteiger partial charge >= 0.3 is 5.97 Å². The summed E-state index contributed by atoms with van der Waals surface area (Å²) in [6, 6.07) is 6.32. The number of carbonyl (C=O) groups is 3. The van der Waals surface area contributed by atoms with Crippen LogP contribution in [0.25, 0.3) is 0 Å². The van der Waals surface area contributed by atoms with Crippen molar-refractivity contribution in [2.24, 2.45) is 0 Å². The Morgan fingerprint density at radius 2 is 2.21 bits per heavy atom. The van der Waals surface area contributed by atoms with Gasteiger partial charge in [-0.1, -0.05) is 6.07 Å². The number of carbonyl (C=O) groups excluding carboxylic acids is 3. The molecule has 1 aromatic rings. The Kier molecular flexibility index (Phi) is 6.48. The highest BCUT2D eigenvalue weighted by molar-refractivity contribution is 8.00. The van der Waals surface area contributed by atoms with E-state index in [0.717, 1.165) is 0 Å². The summed E-state index contributed by atoms with van der Waals surface area (Å²) in [5.74, 6) is -0.0233. The summed E-state index contributed by atoms with van der Waals surface area (Å²) in [6.45, 7) is 1.98. The smallest absolute Gasteiger partial charge is 0.329 e. The van der Waals surface area contributed by atoms with Gasteiger partial charge in [0.2, 0.25) is 11.8 Å². The summed E-state index contributed by atoms with van der Waals surface area (Å²) in [5.41, 5.74) is 0.602. The molecule has 1 aromatic carbocycles. The fourth-order valence-electron chi connectivity index (χ4n) is 2.20. The Morgan fingerprint density at radius 3 is 2.88 bits per heavy atom. The van der Waals surface area contributed by atoms with Crippen molar-refractivity contribution in [1.82, 2.24) is 5.32 Å². The van der Waals surface area contributed by atoms with Gasteiger partial charge in [0.25, 0.3) is 0 Å². The summed E-state index contributed by atoms with van der Waals surface area (Å²) in [5, 5.41) is 4.81. The lowest BCUT2D eigenvalue weighted by Crippen LogP contribution is -2.51. The lowest BCUT2D eigenvalue weighted by atomic mass is 10.2. The molecule has 1 heterocycles. The van der Waals surface area contributed by atoms with E-state index in [-0.39, 0.29) is 24.8 Å². The molecule has 0 unspecified atom stereocenters. The van der Waals surface area contributed by atoms with Gasteiger partial charge in [0.1, 0.15) is 11.8 Å². The Morgan fingerprint density at radius 1 is 1.42 bits per heavy atom. The normalized spacial score (nSPS) is 20.0. The van der Waals surface area contributed by atoms with E-state index in [1.54, 1.807) is 38.3 Å². The zero-order valence-electron chi connectivity index (χ0n) is 13.5. The molecule has 24 heavy (non-hydrogen) atoms. The minimum atomic E-state index is -0.653. The first-order valence-electron chi connectivity index (χ1n) is 7.56. The van der Waals surface area contributed by atoms with Crippen LogP contribution in [0.3, 0.4) is 0 Å². The summed E-state index contributed by atoms with van der Waals surface area (Å²) in [7, 11) is 1.55. The van der Waals surface area contributed by atoms with E-state index >= 15 is 0 Å². The number of nitrogens with one attached hydrogen (secondary N) is 2. The van der Waals surface area contributed by atoms with Gasteiger partial charge in [0, 0.05) is 23.9 Å². The summed E-state index contributed by atoms with van der Waals surface area (Å²) in [4.78, 5) is 35.8. The highest BCUT2D eigenvalue weighted by Crippen LogP contribution is 2.23. The molecule has 2 rings (SSSR count). The van der Waals surface area contributed by atoms with E-state index < -0.39 is 17.3 Å². The average molecular weight is 352 g/mol. The predicted molar refractivity (Wildman–Crippen MR) is 91.1 cm³/mol. The molecule has 8 heteroatoms. The molecule has 2 amide bonds. The van der Waals surface area contributed by atoms with Crippen LogP contribution < -0.4 is 15.4 Å². The molecule has 0 saturated carbocycles. The second kappa shape index (κ2) is 8.58. The molecule has 1 fully saturated rings. The number of benzene rings is 1. The van der Waals surface area contributed by atoms with E-state index in [0.29, 0.717) is 17.2 Å². The first-order chi connectivity index (χ1) is 11.5. The zero-order valence-corrected chi connectivity index (χ0v) is 14.4. The fourth-order valence-corrected chi connectivity index (χ4v) is 3.33. The van der Waals surface area contributed by atoms with Crippen LogP contribution in [0, 0.1) is 0 Å². The number of thioether (sulfide) groups is 1. The largest absolute Gasteiger partial charge is 0.497 e. The molecule has 0 aliphatic carbocycles. The molecule has 1 saturated heterocycles. The topological polar surface area (TPSA) is 93.7 Å². The minimum Gasteiger partial charge on any atom is -0.497 e. The van der Waals surface area contributed by atoms with Crippen molar-refractivity contribution in [1.29, 1.82) is 0 Å². The molecular formula is C16H20N2O5S. The summed E-state index contributed by atoms with van der Waals surface area (Å²) < 4.78 is 9.98. The first kappa shape index (κ1) is 18.1. The Labute approximate surface area is 144 Å². The molecule has 7 nitrogen and oxygen atoms in total. The third-order valence-corrected chi connectivity index (χ3v) is 4.68. The molecule has 1 aliphatic heterocycles. The third-order valence-electron chi connectivity index (χ3n) is 3.37. The van der Waals surface area contributed by atoms with Gasteiger partial charge < -0.3 is 20.1 Å². The molecule has 0 bridgehead atoms. The third kappa shape index (κ3) is 4.89. The van der Waals surface area contributed by atoms with Gasteiger partial charge in [-0.2, -0.15) is 0 Å². The minimum absolute atomic E-state index is 0.0310. The highest BCUT2D eigenvalue weighted by Gasteiger charge is 2.34. The van der Waals surface area contributed by atoms with Crippen LogP contribution in [0.5, 0.6) is 5.75 Å². The van der Waals surface area contributed by atoms with Crippen molar-refractivity contribution in [2.45, 2.75) is 24.6 Å². The van der Waals surface area contributed by atoms with Crippen molar-refractivity contribution in [3.05, 3.63) is 24.3 Å². The standard InChI is InChI=1S/C16H20N2O5S/c1-3-23-16(21)12-9-24-13(15(20)18-12)8-14(19)17-10-5-4-6-11(7-10)22-2/h4-7,12-13H,3,8-9H2,1-2H3,(H,17,19)(H,18,20)/t12-,13-/m0/s1. The van der Waals surface area contributed by atoms with Crippen molar-refractivity contribution >= 4 is 35.2 Å². The lowest BCUT2D eigenvalue weighted by molar-refractivity contribution is -0.146. The maximum Gasteiger partial charge on any atom is 0.329 e. The van der Waals surface area contributed by atoms with Crippen molar-refractivity contribution in [3.63, 3.8) is 0 Å². The lowest BCUT2D eigenvalue weighted by Gasteiger charge is -2.27. The van der Waals surface area contributed by atoms with E-state index in [1.807, 2.05) is 0 Å². The van der Waals surface area contributed by atoms with Gasteiger partial charge in [-0.3, -0.25) is 9.59 Å². The molecule has 0 aromatic heterocycles. The van der Waals surface area contributed by atoms with E-state index in [4.69, 9.17) is 9.47 Å². The van der Waals surface area contributed by atoms with Gasteiger partial charge in [-0.05, 0) is 19.1 Å². The van der Waals surface area contributed by atoms with Gasteiger partial charge in [-0.25, -0.2) is 4.79 Å². The number of esters is 1. The number of rotatable bonds is 6. The Bertz CT molecular complexity index is 622. The van der Waals surface area contributed by atoms with Crippen LogP contribution in [0.15, 0.2) is 24.3 Å². The zero-order chi connectivity index (χ0) is 17.5. The summed E-state index contributed by atoms with van der Waals surface area (Å²) >= 11 is 1.28. The molecule has 2 N–H and O–H groups in total. The van der Waals surface area contributed by atoms with E-state index in [2.05, 4.69) is 10.6 Å². The molecular weight excluding hydrogens is 332 g/mol. The van der Waals surface area contributed by atoms with Gasteiger partial charge in [0.15, 0.2) is 0 Å². The monoisotopic (exact) mass is 352 g/mol. The number of ether oxygens (including phenoxy) is 2. The fraction of sp³-hybridized carbons (Fsp3) is 0.438. The Balaban J connectivity index is 1.86. The molecule has 0 spiro atoms. The quantitative estimate of drug-likeness (QED) is 0.747. The van der Waals surface area contributed by atoms with Crippen LogP contribution in [-0.4, -0.2) is 48.5 Å². The van der Waals surface area contributed by atoms with Crippen LogP contribution in [0.4, 0.5) is 5.69 Å². The maximum absolute atomic E-state index is 12.1. The van der Waals surface area contributed by atoms with Crippen LogP contribution in [0.1, 0.15) is 13.3 Å². The molecule has 130 valence electrons.